The van der Waals surface area contributed by atoms with E-state index in [0.717, 1.165) is 110 Å². The Morgan fingerprint density at radius 2 is 1.02 bits per heavy atom. The lowest BCUT2D eigenvalue weighted by atomic mass is 9.49. The van der Waals surface area contributed by atoms with Crippen molar-refractivity contribution in [2.45, 2.75) is 250 Å². The van der Waals surface area contributed by atoms with Crippen LogP contribution in [0.15, 0.2) is 47.8 Å². The number of aliphatic hydroxyl groups is 1. The number of amides is 12. The second kappa shape index (κ2) is 57.7. The predicted octanol–water partition coefficient (Wildman–Crippen LogP) is 6.03. The molecule has 0 radical (unpaired) electrons. The van der Waals surface area contributed by atoms with E-state index in [4.69, 9.17) is 58.8 Å². The summed E-state index contributed by atoms with van der Waals surface area (Å²) >= 11 is 0. The number of anilines is 1. The van der Waals surface area contributed by atoms with Crippen LogP contribution in [0.1, 0.15) is 218 Å². The summed E-state index contributed by atoms with van der Waals surface area (Å²) in [6, 6.07) is 4.78. The first-order valence-corrected chi connectivity index (χ1v) is 50.8. The third-order valence-corrected chi connectivity index (χ3v) is 28.9. The van der Waals surface area contributed by atoms with Crippen LogP contribution in [0.5, 0.6) is 5.75 Å². The SMILES string of the molecule is CC(C)[C@H](NC(=O)[C@@H](CCCCNC(=O)COC1CCCCCC(NCCOCCOCCOCCOCCC(=O)NCC[N+](C)(C)C)=C1N)NC(=O)CCOCCOCCOCCOCCNC(=O)OCC1[C@H]2CCC#CCC[C@@H]12)C(=O)N[C@@H](CCCNC(N)=O)C(=O)N[C@@H](CO)C(=O)Nc1ccc2c(c1)[C@@]1(C)CCC[C@](C)(C(=O)NC(=O)[C@@]3(C)CCC[C@]4(C)c5cc(O)ccc5CC[C@@H]34)[C@@H]1CC2. The molecule has 139 heavy (non-hydrogen) atoms. The monoisotopic (exact) mass is 1950 g/mol. The Kier molecular flexibility index (Phi) is 47.0. The number of nitrogens with zero attached hydrogens (tertiary/aromatic N) is 1. The van der Waals surface area contributed by atoms with Gasteiger partial charge in [0.2, 0.25) is 53.2 Å². The summed E-state index contributed by atoms with van der Waals surface area (Å²) in [5.74, 6) is 2.58. The van der Waals surface area contributed by atoms with Crippen LogP contribution in [0.4, 0.5) is 15.3 Å². The van der Waals surface area contributed by atoms with E-state index in [9.17, 15) is 58.2 Å². The number of imide groups is 1. The molecule has 37 heteroatoms. The molecule has 778 valence electrons. The minimum Gasteiger partial charge on any atom is -0.508 e. The molecule has 37 nitrogen and oxygen atoms in total. The molecule has 2 aromatic rings. The van der Waals surface area contributed by atoms with E-state index in [0.29, 0.717) is 192 Å². The predicted molar refractivity (Wildman–Crippen MR) is 522 cm³/mol. The number of hydrogen-bond donors (Lipinski definition) is 15. The number of primary amides is 1. The molecule has 2 unspecified atom stereocenters. The van der Waals surface area contributed by atoms with Crippen molar-refractivity contribution >= 4 is 71.0 Å². The van der Waals surface area contributed by atoms with Gasteiger partial charge in [0.05, 0.1) is 176 Å². The number of nitrogens with one attached hydrogen (secondary N) is 11. The highest BCUT2D eigenvalue weighted by molar-refractivity contribution is 6.02. The van der Waals surface area contributed by atoms with Crippen LogP contribution in [0.3, 0.4) is 0 Å². The summed E-state index contributed by atoms with van der Waals surface area (Å²) in [6.45, 7) is 18.1. The minimum absolute atomic E-state index is 0.0115. The Labute approximate surface area is 821 Å². The Balaban J connectivity index is 0.740. The maximum atomic E-state index is 15.0. The van der Waals surface area contributed by atoms with E-state index in [1.165, 1.54) is 5.56 Å². The van der Waals surface area contributed by atoms with Crippen molar-refractivity contribution < 1.29 is 115 Å². The van der Waals surface area contributed by atoms with E-state index in [1.54, 1.807) is 26.0 Å². The fourth-order valence-electron chi connectivity index (χ4n) is 21.1. The highest BCUT2D eigenvalue weighted by atomic mass is 16.6. The molecule has 17 N–H and O–H groups in total. The smallest absolute Gasteiger partial charge is 0.407 e. The number of carbonyl (C=O) groups is 11. The second-order valence-corrected chi connectivity index (χ2v) is 40.4. The summed E-state index contributed by atoms with van der Waals surface area (Å²) in [5.41, 5.74) is 15.4. The van der Waals surface area contributed by atoms with E-state index < -0.39 is 101 Å². The van der Waals surface area contributed by atoms with Crippen LogP contribution in [0.2, 0.25) is 0 Å². The molecule has 0 bridgehead atoms. The van der Waals surface area contributed by atoms with Gasteiger partial charge in [-0.1, -0.05) is 79.4 Å². The molecule has 0 spiro atoms. The number of phenols is 1. The Hall–Kier alpha value is -9.33. The van der Waals surface area contributed by atoms with Crippen LogP contribution < -0.4 is 70.0 Å². The van der Waals surface area contributed by atoms with Gasteiger partial charge in [0.1, 0.15) is 36.5 Å². The van der Waals surface area contributed by atoms with Crippen molar-refractivity contribution in [3.8, 4) is 17.6 Å². The van der Waals surface area contributed by atoms with Gasteiger partial charge in [0.15, 0.2) is 0 Å². The number of hydrogen-bond acceptors (Lipinski definition) is 25. The lowest BCUT2D eigenvalue weighted by Crippen LogP contribution is -2.60. The fraction of sp³-hybridized carbons (Fsp3) is 0.735. The first-order chi connectivity index (χ1) is 66.7. The Morgan fingerprint density at radius 3 is 1.60 bits per heavy atom. The molecule has 0 aromatic heterocycles. The summed E-state index contributed by atoms with van der Waals surface area (Å²) in [4.78, 5) is 152. The Bertz CT molecular complexity index is 4390. The molecule has 9 rings (SSSR count). The molecule has 3 fully saturated rings. The number of benzene rings is 2. The molecule has 3 saturated carbocycles. The number of aromatic hydroxyl groups is 1. The molecule has 7 aliphatic rings. The van der Waals surface area contributed by atoms with Crippen molar-refractivity contribution in [2.75, 3.05) is 191 Å². The highest BCUT2D eigenvalue weighted by Crippen LogP contribution is 2.60. The summed E-state index contributed by atoms with van der Waals surface area (Å²) in [5, 5.41) is 52.7. The molecule has 0 heterocycles. The van der Waals surface area contributed by atoms with E-state index in [1.807, 2.05) is 38.1 Å². The number of phenolic OH excluding ortho intramolecular Hbond substituents is 1. The van der Waals surface area contributed by atoms with Crippen molar-refractivity contribution in [1.29, 1.82) is 0 Å². The van der Waals surface area contributed by atoms with Crippen LogP contribution in [0, 0.1) is 58.2 Å². The van der Waals surface area contributed by atoms with Crippen LogP contribution in [0.25, 0.3) is 0 Å². The standard InChI is InChI=1S/C102H162N14O23/c1-69(2)90(94(125)112-81(26-19-43-108-97(104)128)91(122)113-82(66-117)93(124)110-72-32-28-70-30-34-84-99(3,77(70)64-72)38-20-40-101(84,5)95(126)115-96(127)102(6)41-21-39-100(4)78-65-73(118)33-29-71(78)31-35-85(100)102)114-92(123)80(111-87(120)37-49-131-53-57-135-61-63-137-59-55-133-51-46-109-98(129)139-67-76-74-22-13-10-11-14-23-75(74)76)25-17-18-42-106-88(121)68-138-83-27-16-12-15-24-79(89(83)103)105-45-50-132-54-58-136-62-60-134-56-52-130-48-36-86(119)107-44-47-116(7,8)9/h28-29,32-33,64-65,69,74-76,80-85,90,105,117H,12-27,30-31,34-63,66-68,103H2,1-9H3,(H12-,104,106,107,108,109,110,111,112,113,114,115,118,119,120,121,122,123,124,125,126,127,128,129)/p+1/t74-,75+,76?,80-,81+,82+,83?,84-,85-,90+,99-,100-,101+,102+/m1/s1. The van der Waals surface area contributed by atoms with Gasteiger partial charge in [-0.15, -0.1) is 11.8 Å². The zero-order valence-electron chi connectivity index (χ0n) is 83.9. The van der Waals surface area contributed by atoms with Gasteiger partial charge >= 0.3 is 12.1 Å². The number of ether oxygens (including phenoxy) is 10. The quantitative estimate of drug-likeness (QED) is 0.0156. The number of allylic oxidation sites excluding steroid dienone is 1. The number of nitrogens with two attached hydrogens (primary N) is 2. The lowest BCUT2D eigenvalue weighted by Gasteiger charge is -2.56. The van der Waals surface area contributed by atoms with E-state index in [-0.39, 0.29) is 125 Å². The second-order valence-electron chi connectivity index (χ2n) is 40.4. The van der Waals surface area contributed by atoms with E-state index in [2.05, 4.69) is 105 Å². The van der Waals surface area contributed by atoms with Gasteiger partial charge < -0.3 is 127 Å². The van der Waals surface area contributed by atoms with Gasteiger partial charge in [0.25, 0.3) is 0 Å². The van der Waals surface area contributed by atoms with Crippen LogP contribution >= 0.6 is 0 Å². The number of likely N-dealkylation sites (N-methyl/N-ethyl adjacent to an activating group) is 1. The minimum atomic E-state index is -1.56. The van der Waals surface area contributed by atoms with Crippen LogP contribution in [-0.2, 0) is 114 Å². The molecular formula is C102H163N14O23+. The zero-order valence-corrected chi connectivity index (χ0v) is 83.9. The molecule has 2 aromatic carbocycles. The van der Waals surface area contributed by atoms with Crippen molar-refractivity contribution in [1.82, 2.24) is 53.2 Å². The van der Waals surface area contributed by atoms with Gasteiger partial charge in [-0.3, -0.25) is 48.5 Å². The zero-order chi connectivity index (χ0) is 100. The topological polar surface area (TPSA) is 505 Å². The number of alkyl carbamates (subject to hydrolysis) is 1. The first kappa shape index (κ1) is 113. The van der Waals surface area contributed by atoms with Gasteiger partial charge in [-0.2, -0.15) is 0 Å². The number of urea groups is 1. The van der Waals surface area contributed by atoms with Gasteiger partial charge in [-0.25, -0.2) is 9.59 Å². The number of quaternary nitrogens is 1. The molecule has 14 atom stereocenters. The number of aryl methyl sites for hydroxylation is 2. The average molecular weight is 1950 g/mol. The molecule has 0 saturated heterocycles. The molecule has 0 aliphatic heterocycles. The van der Waals surface area contributed by atoms with Crippen molar-refractivity contribution in [3.05, 3.63) is 70.0 Å². The maximum absolute atomic E-state index is 15.0. The largest absolute Gasteiger partial charge is 0.508 e. The normalized spacial score (nSPS) is 23.4. The summed E-state index contributed by atoms with van der Waals surface area (Å²) < 4.78 is 57.6. The molecular weight excluding hydrogens is 1790 g/mol. The third kappa shape index (κ3) is 35.9. The lowest BCUT2D eigenvalue weighted by molar-refractivity contribution is -0.869. The van der Waals surface area contributed by atoms with Crippen molar-refractivity contribution in [3.63, 3.8) is 0 Å². The molecule has 12 amide bonds. The average Bonchev–Trinajstić information content (AvgIpc) is 1.57. The summed E-state index contributed by atoms with van der Waals surface area (Å²) in [6.07, 6.45) is 14.9. The first-order valence-electron chi connectivity index (χ1n) is 50.8. The highest BCUT2D eigenvalue weighted by Gasteiger charge is 2.59. The number of aliphatic hydroxyl groups excluding tert-OH is 1. The number of fused-ring (bicyclic) bond motifs is 7. The van der Waals surface area contributed by atoms with Gasteiger partial charge in [0, 0.05) is 63.2 Å². The maximum Gasteiger partial charge on any atom is 0.407 e. The molecule has 7 aliphatic carbocycles. The van der Waals surface area contributed by atoms with Crippen molar-refractivity contribution in [2.24, 2.45) is 57.8 Å². The van der Waals surface area contributed by atoms with E-state index >= 15 is 4.79 Å². The van der Waals surface area contributed by atoms with Crippen LogP contribution in [-0.4, -0.2) is 296 Å². The number of unbranched alkanes of at least 4 members (excludes halogenated alkanes) is 1. The third-order valence-electron chi connectivity index (χ3n) is 28.9. The number of carbonyl (C=O) groups excluding carboxylic acids is 11. The Morgan fingerprint density at radius 1 is 0.504 bits per heavy atom. The summed E-state index contributed by atoms with van der Waals surface area (Å²) in [7, 11) is 6.22. The van der Waals surface area contributed by atoms with Gasteiger partial charge in [-0.05, 0) is 208 Å². The fourth-order valence-corrected chi connectivity index (χ4v) is 21.1. The number of rotatable bonds is 61.